The van der Waals surface area contributed by atoms with Gasteiger partial charge in [0.15, 0.2) is 0 Å². The Bertz CT molecular complexity index is 1280. The van der Waals surface area contributed by atoms with Crippen LogP contribution in [0.25, 0.3) is 11.3 Å². The van der Waals surface area contributed by atoms with Gasteiger partial charge in [-0.15, -0.1) is 0 Å². The van der Waals surface area contributed by atoms with Crippen molar-refractivity contribution in [3.63, 3.8) is 0 Å². The normalized spacial score (nSPS) is 10.6. The Balaban J connectivity index is 1.55. The molecule has 3 aromatic carbocycles. The van der Waals surface area contributed by atoms with Gasteiger partial charge in [0.05, 0.1) is 29.7 Å². The van der Waals surface area contributed by atoms with Crippen molar-refractivity contribution in [1.29, 1.82) is 0 Å². The summed E-state index contributed by atoms with van der Waals surface area (Å²) in [6, 6.07) is 25.3. The molecule has 0 amide bonds. The molecule has 0 spiro atoms. The van der Waals surface area contributed by atoms with E-state index in [9.17, 15) is 9.59 Å². The molecular formula is C29H26N2O3. The van der Waals surface area contributed by atoms with Crippen molar-refractivity contribution in [2.45, 2.75) is 33.1 Å². The number of benzene rings is 3. The third kappa shape index (κ3) is 6.23. The summed E-state index contributed by atoms with van der Waals surface area (Å²) in [5.41, 5.74) is 6.46. The van der Waals surface area contributed by atoms with E-state index in [4.69, 9.17) is 9.72 Å². The number of rotatable bonds is 8. The lowest BCUT2D eigenvalue weighted by Gasteiger charge is -2.11. The van der Waals surface area contributed by atoms with Crippen LogP contribution < -0.4 is 4.74 Å². The largest absolute Gasteiger partial charge is 0.427 e. The summed E-state index contributed by atoms with van der Waals surface area (Å²) in [5.74, 6) is 0.140. The first-order valence-electron chi connectivity index (χ1n) is 11.2. The lowest BCUT2D eigenvalue weighted by atomic mass is 10.0. The highest BCUT2D eigenvalue weighted by atomic mass is 16.5. The molecule has 0 N–H and O–H groups in total. The second kappa shape index (κ2) is 10.7. The van der Waals surface area contributed by atoms with Crippen molar-refractivity contribution in [3.8, 4) is 17.0 Å². The highest BCUT2D eigenvalue weighted by Gasteiger charge is 2.14. The molecule has 4 rings (SSSR count). The third-order valence-electron chi connectivity index (χ3n) is 5.44. The molecule has 0 aliphatic heterocycles. The van der Waals surface area contributed by atoms with Gasteiger partial charge in [-0.1, -0.05) is 72.3 Å². The summed E-state index contributed by atoms with van der Waals surface area (Å²) in [6.45, 7) is 3.41. The SMILES string of the molecule is CC(=O)Oc1ccc(CC(=O)Cc2ncc(-c3ccc(C)cc3)nc2Cc2ccccc2)cc1. The van der Waals surface area contributed by atoms with Gasteiger partial charge in [-0.25, -0.2) is 4.98 Å². The van der Waals surface area contributed by atoms with Gasteiger partial charge in [-0.2, -0.15) is 0 Å². The topological polar surface area (TPSA) is 69.2 Å². The van der Waals surface area contributed by atoms with Crippen LogP contribution in [0, 0.1) is 6.92 Å². The molecule has 1 heterocycles. The number of ether oxygens (including phenoxy) is 1. The van der Waals surface area contributed by atoms with E-state index in [0.717, 1.165) is 28.1 Å². The van der Waals surface area contributed by atoms with E-state index in [1.807, 2.05) is 30.3 Å². The third-order valence-corrected chi connectivity index (χ3v) is 5.44. The van der Waals surface area contributed by atoms with Gasteiger partial charge in [0, 0.05) is 25.3 Å². The smallest absolute Gasteiger partial charge is 0.308 e. The minimum atomic E-state index is -0.373. The number of carbonyl (C=O) groups is 2. The minimum Gasteiger partial charge on any atom is -0.427 e. The number of esters is 1. The van der Waals surface area contributed by atoms with Gasteiger partial charge in [0.2, 0.25) is 0 Å². The van der Waals surface area contributed by atoms with Gasteiger partial charge in [0.1, 0.15) is 11.5 Å². The molecule has 5 heteroatoms. The predicted molar refractivity (Wildman–Crippen MR) is 132 cm³/mol. The van der Waals surface area contributed by atoms with Crippen molar-refractivity contribution in [2.24, 2.45) is 0 Å². The molecule has 0 radical (unpaired) electrons. The Morgan fingerprint density at radius 2 is 1.50 bits per heavy atom. The molecule has 5 nitrogen and oxygen atoms in total. The van der Waals surface area contributed by atoms with Gasteiger partial charge < -0.3 is 4.74 Å². The van der Waals surface area contributed by atoms with E-state index in [1.54, 1.807) is 30.5 Å². The maximum atomic E-state index is 12.9. The second-order valence-corrected chi connectivity index (χ2v) is 8.31. The second-order valence-electron chi connectivity index (χ2n) is 8.31. The summed E-state index contributed by atoms with van der Waals surface area (Å²) in [7, 11) is 0. The molecule has 0 saturated carbocycles. The van der Waals surface area contributed by atoms with Gasteiger partial charge in [-0.3, -0.25) is 14.6 Å². The number of carbonyl (C=O) groups excluding carboxylic acids is 2. The van der Waals surface area contributed by atoms with Crippen molar-refractivity contribution >= 4 is 11.8 Å². The molecular weight excluding hydrogens is 424 g/mol. The van der Waals surface area contributed by atoms with E-state index in [0.29, 0.717) is 17.9 Å². The molecule has 0 saturated heterocycles. The number of hydrogen-bond donors (Lipinski definition) is 0. The van der Waals surface area contributed by atoms with Crippen LogP contribution in [0.5, 0.6) is 5.75 Å². The predicted octanol–water partition coefficient (Wildman–Crippen LogP) is 5.32. The average molecular weight is 451 g/mol. The zero-order chi connectivity index (χ0) is 23.9. The Morgan fingerprint density at radius 3 is 2.18 bits per heavy atom. The fraction of sp³-hybridized carbons (Fsp3) is 0.172. The minimum absolute atomic E-state index is 0.0481. The lowest BCUT2D eigenvalue weighted by molar-refractivity contribution is -0.131. The van der Waals surface area contributed by atoms with Crippen LogP contribution in [0.2, 0.25) is 0 Å². The summed E-state index contributed by atoms with van der Waals surface area (Å²) < 4.78 is 5.05. The zero-order valence-electron chi connectivity index (χ0n) is 19.3. The van der Waals surface area contributed by atoms with E-state index >= 15 is 0 Å². The number of aryl methyl sites for hydroxylation is 1. The van der Waals surface area contributed by atoms with Crippen LogP contribution in [0.4, 0.5) is 0 Å². The van der Waals surface area contributed by atoms with E-state index in [1.165, 1.54) is 12.5 Å². The molecule has 0 aliphatic carbocycles. The summed E-state index contributed by atoms with van der Waals surface area (Å²) in [6.07, 6.45) is 2.82. The number of ketones is 1. The van der Waals surface area contributed by atoms with Crippen molar-refractivity contribution in [3.05, 3.63) is 113 Å². The maximum Gasteiger partial charge on any atom is 0.308 e. The first kappa shape index (κ1) is 23.1. The fourth-order valence-electron chi connectivity index (χ4n) is 3.71. The van der Waals surface area contributed by atoms with Gasteiger partial charge in [-0.05, 0) is 30.2 Å². The number of Topliss-reactive ketones (excluding diaryl/α,β-unsaturated/α-hetero) is 1. The molecule has 1 aromatic heterocycles. The molecule has 34 heavy (non-hydrogen) atoms. The van der Waals surface area contributed by atoms with Crippen molar-refractivity contribution in [1.82, 2.24) is 9.97 Å². The van der Waals surface area contributed by atoms with Gasteiger partial charge in [0.25, 0.3) is 0 Å². The van der Waals surface area contributed by atoms with Crippen molar-refractivity contribution < 1.29 is 14.3 Å². The van der Waals surface area contributed by atoms with Crippen molar-refractivity contribution in [2.75, 3.05) is 0 Å². The zero-order valence-corrected chi connectivity index (χ0v) is 19.3. The fourth-order valence-corrected chi connectivity index (χ4v) is 3.71. The summed E-state index contributed by atoms with van der Waals surface area (Å²) in [4.78, 5) is 33.5. The Kier molecular flexibility index (Phi) is 7.23. The van der Waals surface area contributed by atoms with Crippen LogP contribution in [0.3, 0.4) is 0 Å². The Hall–Kier alpha value is -4.12. The quantitative estimate of drug-likeness (QED) is 0.268. The number of hydrogen-bond acceptors (Lipinski definition) is 5. The first-order chi connectivity index (χ1) is 16.5. The van der Waals surface area contributed by atoms with E-state index in [-0.39, 0.29) is 24.6 Å². The molecule has 0 fully saturated rings. The van der Waals surface area contributed by atoms with Crippen LogP contribution in [0.1, 0.15) is 35.0 Å². The monoisotopic (exact) mass is 450 g/mol. The van der Waals surface area contributed by atoms with Crippen LogP contribution in [-0.2, 0) is 28.9 Å². The molecule has 0 atom stereocenters. The molecule has 0 aliphatic rings. The van der Waals surface area contributed by atoms with Crippen LogP contribution in [-0.4, -0.2) is 21.7 Å². The summed E-state index contributed by atoms with van der Waals surface area (Å²) >= 11 is 0. The first-order valence-corrected chi connectivity index (χ1v) is 11.2. The van der Waals surface area contributed by atoms with E-state index in [2.05, 4.69) is 36.2 Å². The molecule has 4 aromatic rings. The van der Waals surface area contributed by atoms with Crippen LogP contribution >= 0.6 is 0 Å². The molecule has 0 unspecified atom stereocenters. The Morgan fingerprint density at radius 1 is 0.794 bits per heavy atom. The van der Waals surface area contributed by atoms with E-state index < -0.39 is 0 Å². The highest BCUT2D eigenvalue weighted by molar-refractivity contribution is 5.83. The number of aromatic nitrogens is 2. The average Bonchev–Trinajstić information content (AvgIpc) is 2.82. The standard InChI is InChI=1S/C29H26N2O3/c1-20-8-12-24(13-9-20)29-19-30-27(28(31-29)17-22-6-4-3-5-7-22)18-25(33)16-23-10-14-26(15-11-23)34-21(2)32/h3-15,19H,16-18H2,1-2H3. The highest BCUT2D eigenvalue weighted by Crippen LogP contribution is 2.21. The lowest BCUT2D eigenvalue weighted by Crippen LogP contribution is -2.12. The number of nitrogens with zero attached hydrogens (tertiary/aromatic N) is 2. The molecule has 0 bridgehead atoms. The summed E-state index contributed by atoms with van der Waals surface area (Å²) in [5, 5.41) is 0. The van der Waals surface area contributed by atoms with Gasteiger partial charge >= 0.3 is 5.97 Å². The Labute approximate surface area is 199 Å². The molecule has 170 valence electrons. The van der Waals surface area contributed by atoms with Crippen LogP contribution in [0.15, 0.2) is 85.1 Å². The maximum absolute atomic E-state index is 12.9.